The molecule has 3 rings (SSSR count). The molecule has 1 saturated heterocycles. The zero-order chi connectivity index (χ0) is 19.2. The maximum atomic E-state index is 3.33. The first-order valence-electron chi connectivity index (χ1n) is 10.4. The minimum Gasteiger partial charge on any atom is -0.365 e. The third-order valence-corrected chi connectivity index (χ3v) is 5.64. The van der Waals surface area contributed by atoms with Crippen LogP contribution in [0.1, 0.15) is 57.7 Å². The lowest BCUT2D eigenvalue weighted by molar-refractivity contribution is 0.200. The Morgan fingerprint density at radius 3 is 2.41 bits per heavy atom. The Morgan fingerprint density at radius 1 is 1.15 bits per heavy atom. The number of piperidine rings is 1. The van der Waals surface area contributed by atoms with E-state index in [0.29, 0.717) is 12.0 Å². The Hall–Kier alpha value is -2.00. The van der Waals surface area contributed by atoms with E-state index in [2.05, 4.69) is 85.0 Å². The molecule has 3 heteroatoms. The lowest BCUT2D eigenvalue weighted by Crippen LogP contribution is -2.45. The zero-order valence-corrected chi connectivity index (χ0v) is 17.4. The average Bonchev–Trinajstić information content (AvgIpc) is 3.16. The van der Waals surface area contributed by atoms with Gasteiger partial charge < -0.3 is 9.88 Å². The van der Waals surface area contributed by atoms with Gasteiger partial charge in [0.25, 0.3) is 0 Å². The van der Waals surface area contributed by atoms with Gasteiger partial charge in [-0.15, -0.1) is 0 Å². The number of hydrogen-bond donors (Lipinski definition) is 1. The fourth-order valence-electron chi connectivity index (χ4n) is 3.89. The van der Waals surface area contributed by atoms with Crippen molar-refractivity contribution in [2.45, 2.75) is 59.0 Å². The summed E-state index contributed by atoms with van der Waals surface area (Å²) in [6.45, 7) is 13.3. The van der Waals surface area contributed by atoms with Gasteiger partial charge in [-0.2, -0.15) is 0 Å². The maximum Gasteiger partial charge on any atom is 0.0385 e. The number of H-pyrrole nitrogens is 1. The van der Waals surface area contributed by atoms with Gasteiger partial charge in [0.05, 0.1) is 0 Å². The molecule has 0 unspecified atom stereocenters. The summed E-state index contributed by atoms with van der Waals surface area (Å²) in [5, 5.41) is 0. The predicted octanol–water partition coefficient (Wildman–Crippen LogP) is 5.58. The largest absolute Gasteiger partial charge is 0.365 e. The Labute approximate surface area is 165 Å². The highest BCUT2D eigenvalue weighted by Crippen LogP contribution is 2.26. The quantitative estimate of drug-likeness (QED) is 0.648. The normalized spacial score (nSPS) is 15.9. The van der Waals surface area contributed by atoms with Crippen LogP contribution < -0.4 is 4.90 Å². The van der Waals surface area contributed by atoms with Crippen LogP contribution in [0.15, 0.2) is 54.2 Å². The molecule has 0 atom stereocenters. The monoisotopic (exact) mass is 365 g/mol. The van der Waals surface area contributed by atoms with Crippen molar-refractivity contribution in [3.8, 4) is 0 Å². The third-order valence-electron chi connectivity index (χ3n) is 5.64. The Morgan fingerprint density at radius 2 is 1.85 bits per heavy atom. The lowest BCUT2D eigenvalue weighted by atomic mass is 9.99. The maximum absolute atomic E-state index is 3.33. The molecular formula is C24H35N3. The number of hydrogen-bond acceptors (Lipinski definition) is 2. The highest BCUT2D eigenvalue weighted by molar-refractivity contribution is 5.50. The second-order valence-corrected chi connectivity index (χ2v) is 8.38. The van der Waals surface area contributed by atoms with Gasteiger partial charge in [-0.3, -0.25) is 4.90 Å². The van der Waals surface area contributed by atoms with Crippen molar-refractivity contribution < 1.29 is 0 Å². The van der Waals surface area contributed by atoms with E-state index >= 15 is 0 Å². The number of benzene rings is 1. The van der Waals surface area contributed by atoms with Crippen LogP contribution in [0, 0.1) is 0 Å². The van der Waals surface area contributed by atoms with E-state index in [-0.39, 0.29) is 0 Å². The Balaban J connectivity index is 1.67. The van der Waals surface area contributed by atoms with Crippen molar-refractivity contribution in [2.75, 3.05) is 24.5 Å². The van der Waals surface area contributed by atoms with E-state index in [1.54, 1.807) is 0 Å². The van der Waals surface area contributed by atoms with Gasteiger partial charge in [0, 0.05) is 49.8 Å². The average molecular weight is 366 g/mol. The molecule has 1 aromatic carbocycles. The van der Waals surface area contributed by atoms with Crippen molar-refractivity contribution in [1.82, 2.24) is 9.88 Å². The molecule has 0 spiro atoms. The fourth-order valence-corrected chi connectivity index (χ4v) is 3.89. The lowest BCUT2D eigenvalue weighted by Gasteiger charge is -2.39. The molecule has 1 aromatic heterocycles. The summed E-state index contributed by atoms with van der Waals surface area (Å²) in [6, 6.07) is 14.1. The van der Waals surface area contributed by atoms with E-state index in [1.165, 1.54) is 48.4 Å². The van der Waals surface area contributed by atoms with Gasteiger partial charge in [0.15, 0.2) is 0 Å². The van der Waals surface area contributed by atoms with Crippen molar-refractivity contribution in [3.63, 3.8) is 0 Å². The van der Waals surface area contributed by atoms with Gasteiger partial charge in [0.2, 0.25) is 0 Å². The first kappa shape index (κ1) is 19.8. The van der Waals surface area contributed by atoms with Crippen LogP contribution >= 0.6 is 0 Å². The molecular weight excluding hydrogens is 330 g/mol. The molecule has 146 valence electrons. The second-order valence-electron chi connectivity index (χ2n) is 8.38. The number of aromatic nitrogens is 1. The summed E-state index contributed by atoms with van der Waals surface area (Å²) in [6.07, 6.45) is 6.83. The van der Waals surface area contributed by atoms with Crippen molar-refractivity contribution in [1.29, 1.82) is 0 Å². The van der Waals surface area contributed by atoms with Crippen LogP contribution in [0.4, 0.5) is 5.69 Å². The van der Waals surface area contributed by atoms with Crippen LogP contribution in [0.25, 0.3) is 0 Å². The van der Waals surface area contributed by atoms with Crippen molar-refractivity contribution in [2.24, 2.45) is 0 Å². The van der Waals surface area contributed by atoms with E-state index in [0.717, 1.165) is 13.1 Å². The summed E-state index contributed by atoms with van der Waals surface area (Å²) in [7, 11) is 0. The summed E-state index contributed by atoms with van der Waals surface area (Å²) in [5.74, 6) is 0.585. The topological polar surface area (TPSA) is 22.3 Å². The molecule has 2 heterocycles. The molecule has 0 aliphatic carbocycles. The minimum absolute atomic E-state index is 0.585. The molecule has 0 amide bonds. The molecule has 1 aliphatic rings. The Bertz CT molecular complexity index is 701. The molecule has 0 bridgehead atoms. The molecule has 1 aliphatic heterocycles. The van der Waals surface area contributed by atoms with Gasteiger partial charge >= 0.3 is 0 Å². The third kappa shape index (κ3) is 5.49. The number of nitrogens with one attached hydrogen (secondary N) is 1. The summed E-state index contributed by atoms with van der Waals surface area (Å²) in [5.41, 5.74) is 5.49. The van der Waals surface area contributed by atoms with Gasteiger partial charge in [-0.05, 0) is 62.4 Å². The van der Waals surface area contributed by atoms with E-state index in [9.17, 15) is 0 Å². The molecule has 1 fully saturated rings. The summed E-state index contributed by atoms with van der Waals surface area (Å²) < 4.78 is 0. The van der Waals surface area contributed by atoms with E-state index < -0.39 is 0 Å². The van der Waals surface area contributed by atoms with Crippen LogP contribution in [0.2, 0.25) is 0 Å². The smallest absolute Gasteiger partial charge is 0.0385 e. The van der Waals surface area contributed by atoms with Crippen LogP contribution in [0.3, 0.4) is 0 Å². The second kappa shape index (κ2) is 9.27. The fraction of sp³-hybridized carbons (Fsp3) is 0.500. The number of rotatable bonds is 7. The summed E-state index contributed by atoms with van der Waals surface area (Å²) >= 11 is 0. The van der Waals surface area contributed by atoms with Crippen LogP contribution in [-0.2, 0) is 6.54 Å². The molecule has 1 N–H and O–H groups in total. The highest BCUT2D eigenvalue weighted by Gasteiger charge is 2.24. The number of anilines is 1. The first-order valence-corrected chi connectivity index (χ1v) is 10.4. The number of nitrogens with zero attached hydrogens (tertiary/aromatic N) is 2. The zero-order valence-electron chi connectivity index (χ0n) is 17.4. The Kier molecular flexibility index (Phi) is 6.78. The molecule has 2 aromatic rings. The predicted molar refractivity (Wildman–Crippen MR) is 116 cm³/mol. The highest BCUT2D eigenvalue weighted by atomic mass is 15.2. The van der Waals surface area contributed by atoms with Crippen molar-refractivity contribution in [3.05, 3.63) is 65.5 Å². The molecule has 27 heavy (non-hydrogen) atoms. The van der Waals surface area contributed by atoms with Gasteiger partial charge in [0.1, 0.15) is 0 Å². The number of likely N-dealkylation sites (tertiary alicyclic amines) is 1. The number of allylic oxidation sites excluding steroid dienone is 1. The molecule has 3 nitrogen and oxygen atoms in total. The van der Waals surface area contributed by atoms with Crippen molar-refractivity contribution >= 4 is 5.69 Å². The van der Waals surface area contributed by atoms with Crippen LogP contribution in [-0.4, -0.2) is 35.6 Å². The number of aromatic amines is 1. The van der Waals surface area contributed by atoms with Crippen LogP contribution in [0.5, 0.6) is 0 Å². The standard InChI is InChI=1S/C24H35N3/c1-19(2)11-17-27(23-9-7-21(8-10-23)20(3)4)24-12-15-26(16-13-24)18-22-6-5-14-25-22/h5-11,14,20,24-25H,12-13,15-18H2,1-4H3. The minimum atomic E-state index is 0.585. The molecule has 0 saturated carbocycles. The van der Waals surface area contributed by atoms with Gasteiger partial charge in [-0.25, -0.2) is 0 Å². The summed E-state index contributed by atoms with van der Waals surface area (Å²) in [4.78, 5) is 8.52. The first-order chi connectivity index (χ1) is 13.0. The van der Waals surface area contributed by atoms with E-state index in [4.69, 9.17) is 0 Å². The molecule has 0 radical (unpaired) electrons. The van der Waals surface area contributed by atoms with Gasteiger partial charge in [-0.1, -0.05) is 37.6 Å². The van der Waals surface area contributed by atoms with E-state index in [1.807, 2.05) is 6.20 Å². The SMILES string of the molecule is CC(C)=CCN(c1ccc(C(C)C)cc1)C1CCN(Cc2ccc[nH]2)CC1.